The van der Waals surface area contributed by atoms with Crippen LogP contribution >= 0.6 is 11.6 Å². The van der Waals surface area contributed by atoms with E-state index in [0.29, 0.717) is 10.6 Å². The summed E-state index contributed by atoms with van der Waals surface area (Å²) in [7, 11) is 1.63. The number of hydrogen-bond acceptors (Lipinski definition) is 4. The molecule has 3 rings (SSSR count). The fraction of sp³-hybridized carbons (Fsp3) is 0.300. The lowest BCUT2D eigenvalue weighted by Gasteiger charge is -2.11. The maximum atomic E-state index is 8.91. The summed E-state index contributed by atoms with van der Waals surface area (Å²) < 4.78 is 5.44. The van der Waals surface area contributed by atoms with Gasteiger partial charge >= 0.3 is 0 Å². The van der Waals surface area contributed by atoms with E-state index in [1.807, 2.05) is 78.0 Å². The van der Waals surface area contributed by atoms with Crippen molar-refractivity contribution in [3.8, 4) is 22.9 Å². The average molecular weight is 492 g/mol. The Labute approximate surface area is 217 Å². The van der Waals surface area contributed by atoms with Gasteiger partial charge in [0, 0.05) is 17.7 Å². The van der Waals surface area contributed by atoms with Crippen LogP contribution in [0.2, 0.25) is 5.02 Å². The van der Waals surface area contributed by atoms with E-state index >= 15 is 0 Å². The number of rotatable bonds is 4. The molecule has 4 nitrogen and oxygen atoms in total. The molecule has 0 spiro atoms. The highest BCUT2D eigenvalue weighted by Gasteiger charge is 2.09. The molecular formula is C30H38ClN3O. The molecule has 0 saturated heterocycles. The number of halogens is 1. The van der Waals surface area contributed by atoms with Gasteiger partial charge in [0.2, 0.25) is 0 Å². The van der Waals surface area contributed by atoms with Crippen LogP contribution in [0, 0.1) is 11.3 Å². The first-order valence-electron chi connectivity index (χ1n) is 11.8. The minimum atomic E-state index is 0.441. The Hall–Kier alpha value is -3.42. The first kappa shape index (κ1) is 31.6. The Morgan fingerprint density at radius 1 is 1.17 bits per heavy atom. The highest BCUT2D eigenvalue weighted by atomic mass is 35.5. The number of aliphatic imine (C=N–C) groups is 2. The zero-order chi connectivity index (χ0) is 26.8. The van der Waals surface area contributed by atoms with Crippen molar-refractivity contribution in [3.05, 3.63) is 82.9 Å². The van der Waals surface area contributed by atoms with Gasteiger partial charge in [0.25, 0.3) is 0 Å². The molecule has 2 aromatic rings. The van der Waals surface area contributed by atoms with Gasteiger partial charge in [0.1, 0.15) is 11.8 Å². The third kappa shape index (κ3) is 9.76. The van der Waals surface area contributed by atoms with Gasteiger partial charge in [0.15, 0.2) is 5.84 Å². The number of nitrogens with zero attached hydrogens (tertiary/aromatic N) is 3. The fourth-order valence-electron chi connectivity index (χ4n) is 3.00. The zero-order valence-electron chi connectivity index (χ0n) is 22.2. The number of hydrogen-bond donors (Lipinski definition) is 0. The molecule has 1 aliphatic heterocycles. The molecule has 5 heteroatoms. The van der Waals surface area contributed by atoms with E-state index in [2.05, 4.69) is 35.4 Å². The second-order valence-corrected chi connectivity index (χ2v) is 7.22. The molecule has 0 aliphatic carbocycles. The predicted molar refractivity (Wildman–Crippen MR) is 155 cm³/mol. The Morgan fingerprint density at radius 3 is 2.37 bits per heavy atom. The quantitative estimate of drug-likeness (QED) is 0.400. The molecule has 0 amide bonds. The van der Waals surface area contributed by atoms with Crippen LogP contribution in [0.3, 0.4) is 0 Å². The number of benzene rings is 2. The van der Waals surface area contributed by atoms with E-state index in [1.54, 1.807) is 19.2 Å². The highest BCUT2D eigenvalue weighted by molar-refractivity contribution is 6.32. The maximum Gasteiger partial charge on any atom is 0.153 e. The SMILES string of the molecule is C=C(C)c1ccc(-c2ccc(C#N)c(Cl)c2)c(OC)c1.C=NC1=NCCC=C1/C=C\C.CC.CC. The molecule has 0 atom stereocenters. The minimum Gasteiger partial charge on any atom is -0.496 e. The van der Waals surface area contributed by atoms with Gasteiger partial charge in [-0.3, -0.25) is 4.99 Å². The molecule has 0 saturated carbocycles. The van der Waals surface area contributed by atoms with Gasteiger partial charge in [-0.2, -0.15) is 5.26 Å². The first-order chi connectivity index (χ1) is 16.9. The molecule has 2 aromatic carbocycles. The smallest absolute Gasteiger partial charge is 0.153 e. The van der Waals surface area contributed by atoms with Crippen molar-refractivity contribution in [3.63, 3.8) is 0 Å². The van der Waals surface area contributed by atoms with Gasteiger partial charge < -0.3 is 4.74 Å². The number of nitriles is 1. The van der Waals surface area contributed by atoms with Crippen molar-refractivity contribution in [1.29, 1.82) is 5.26 Å². The fourth-order valence-corrected chi connectivity index (χ4v) is 3.23. The number of dihydropyridines is 1. The van der Waals surface area contributed by atoms with Crippen LogP contribution in [0.4, 0.5) is 0 Å². The lowest BCUT2D eigenvalue weighted by atomic mass is 9.99. The van der Waals surface area contributed by atoms with Crippen LogP contribution in [0.5, 0.6) is 5.75 Å². The summed E-state index contributed by atoms with van der Waals surface area (Å²) in [5, 5.41) is 9.35. The largest absolute Gasteiger partial charge is 0.496 e. The minimum absolute atomic E-state index is 0.441. The monoisotopic (exact) mass is 491 g/mol. The third-order valence-corrected chi connectivity index (χ3v) is 4.92. The molecule has 0 bridgehead atoms. The van der Waals surface area contributed by atoms with Crippen molar-refractivity contribution < 1.29 is 4.74 Å². The lowest BCUT2D eigenvalue weighted by Crippen LogP contribution is -2.03. The van der Waals surface area contributed by atoms with Gasteiger partial charge in [-0.1, -0.05) is 87.9 Å². The van der Waals surface area contributed by atoms with Crippen molar-refractivity contribution in [2.45, 2.75) is 48.0 Å². The number of amidine groups is 1. The Balaban J connectivity index is 0.000000652. The molecule has 0 fully saturated rings. The van der Waals surface area contributed by atoms with E-state index in [4.69, 9.17) is 21.6 Å². The summed E-state index contributed by atoms with van der Waals surface area (Å²) in [6, 6.07) is 13.3. The second kappa shape index (κ2) is 18.0. The Morgan fingerprint density at radius 2 is 1.86 bits per heavy atom. The van der Waals surface area contributed by atoms with E-state index in [9.17, 15) is 0 Å². The van der Waals surface area contributed by atoms with E-state index < -0.39 is 0 Å². The molecule has 186 valence electrons. The van der Waals surface area contributed by atoms with Crippen molar-refractivity contribution in [1.82, 2.24) is 0 Å². The first-order valence-corrected chi connectivity index (χ1v) is 12.2. The van der Waals surface area contributed by atoms with Crippen LogP contribution in [-0.4, -0.2) is 26.2 Å². The lowest BCUT2D eigenvalue weighted by molar-refractivity contribution is 0.416. The normalized spacial score (nSPS) is 11.6. The molecule has 1 heterocycles. The predicted octanol–water partition coefficient (Wildman–Crippen LogP) is 8.96. The van der Waals surface area contributed by atoms with Gasteiger partial charge in [-0.15, -0.1) is 0 Å². The maximum absolute atomic E-state index is 8.91. The number of methoxy groups -OCH3 is 1. The summed E-state index contributed by atoms with van der Waals surface area (Å²) in [6.45, 7) is 20.2. The van der Waals surface area contributed by atoms with Crippen molar-refractivity contribution in [2.24, 2.45) is 9.98 Å². The summed E-state index contributed by atoms with van der Waals surface area (Å²) in [5.41, 5.74) is 5.42. The van der Waals surface area contributed by atoms with Crippen LogP contribution in [-0.2, 0) is 0 Å². The van der Waals surface area contributed by atoms with Crippen molar-refractivity contribution >= 4 is 29.7 Å². The van der Waals surface area contributed by atoms with Crippen LogP contribution < -0.4 is 4.74 Å². The van der Waals surface area contributed by atoms with Crippen LogP contribution in [0.15, 0.2) is 76.8 Å². The Kier molecular flexibility index (Phi) is 16.2. The van der Waals surface area contributed by atoms with E-state index in [1.165, 1.54) is 0 Å². The van der Waals surface area contributed by atoms with Gasteiger partial charge in [-0.25, -0.2) is 4.99 Å². The number of ether oxygens (including phenoxy) is 1. The molecule has 0 N–H and O–H groups in total. The summed E-state index contributed by atoms with van der Waals surface area (Å²) >= 11 is 6.08. The van der Waals surface area contributed by atoms with E-state index in [0.717, 1.165) is 52.4 Å². The molecular weight excluding hydrogens is 454 g/mol. The van der Waals surface area contributed by atoms with Gasteiger partial charge in [-0.05, 0) is 56.3 Å². The summed E-state index contributed by atoms with van der Waals surface area (Å²) in [4.78, 5) is 8.04. The van der Waals surface area contributed by atoms with Gasteiger partial charge in [0.05, 0.1) is 17.7 Å². The number of allylic oxidation sites excluding steroid dienone is 2. The summed E-state index contributed by atoms with van der Waals surface area (Å²) in [6.07, 6.45) is 7.14. The average Bonchev–Trinajstić information content (AvgIpc) is 2.91. The molecule has 1 aliphatic rings. The van der Waals surface area contributed by atoms with E-state index in [-0.39, 0.29) is 0 Å². The highest BCUT2D eigenvalue weighted by Crippen LogP contribution is 2.34. The molecule has 0 radical (unpaired) electrons. The Bertz CT molecular complexity index is 1110. The van der Waals surface area contributed by atoms with Crippen molar-refractivity contribution in [2.75, 3.05) is 13.7 Å². The zero-order valence-corrected chi connectivity index (χ0v) is 22.9. The standard InChI is InChI=1S/C17H14ClNO.C9H12N2.2C2H6/c1-11(2)12-6-7-15(17(9-12)20-3)13-4-5-14(10-19)16(18)8-13;1-3-5-8-6-4-7-11-9(8)10-2;2*1-2/h4-9H,1H2,2-3H3;3,5-6H,2,4,7H2,1H3;2*1-2H3/b;5-3-;;. The van der Waals surface area contributed by atoms with Crippen LogP contribution in [0.25, 0.3) is 16.7 Å². The third-order valence-electron chi connectivity index (χ3n) is 4.60. The van der Waals surface area contributed by atoms with Crippen LogP contribution in [0.1, 0.15) is 59.1 Å². The topological polar surface area (TPSA) is 57.7 Å². The molecule has 0 unspecified atom stereocenters. The molecule has 35 heavy (non-hydrogen) atoms. The summed E-state index contributed by atoms with van der Waals surface area (Å²) in [5.74, 6) is 1.53. The molecule has 0 aromatic heterocycles. The second-order valence-electron chi connectivity index (χ2n) is 6.81.